The van der Waals surface area contributed by atoms with Gasteiger partial charge in [0.2, 0.25) is 0 Å². The summed E-state index contributed by atoms with van der Waals surface area (Å²) in [4.78, 5) is 0. The Labute approximate surface area is 132 Å². The summed E-state index contributed by atoms with van der Waals surface area (Å²) in [5.74, 6) is -0.946. The molecular formula is C15H11F6NO2. The van der Waals surface area contributed by atoms with Gasteiger partial charge < -0.3 is 15.6 Å². The number of phenols is 1. The molecule has 130 valence electrons. The smallest absolute Gasteiger partial charge is 0.508 e. The highest BCUT2D eigenvalue weighted by molar-refractivity contribution is 5.44. The second-order valence-electron chi connectivity index (χ2n) is 4.87. The lowest BCUT2D eigenvalue weighted by Crippen LogP contribution is -2.17. The maximum Gasteiger partial charge on any atom is 0.573 e. The van der Waals surface area contributed by atoms with Gasteiger partial charge in [-0.2, -0.15) is 13.2 Å². The summed E-state index contributed by atoms with van der Waals surface area (Å²) in [7, 11) is 0. The molecule has 0 saturated heterocycles. The molecule has 24 heavy (non-hydrogen) atoms. The van der Waals surface area contributed by atoms with Crippen LogP contribution in [0.5, 0.6) is 11.5 Å². The molecule has 0 aliphatic rings. The van der Waals surface area contributed by atoms with Gasteiger partial charge >= 0.3 is 12.5 Å². The third-order valence-corrected chi connectivity index (χ3v) is 3.16. The molecule has 2 aromatic rings. The average molecular weight is 351 g/mol. The van der Waals surface area contributed by atoms with E-state index >= 15 is 0 Å². The van der Waals surface area contributed by atoms with Crippen molar-refractivity contribution in [2.75, 3.05) is 0 Å². The minimum absolute atomic E-state index is 0.200. The Morgan fingerprint density at radius 3 is 2.00 bits per heavy atom. The van der Waals surface area contributed by atoms with Crippen molar-refractivity contribution in [1.29, 1.82) is 0 Å². The van der Waals surface area contributed by atoms with Crippen molar-refractivity contribution >= 4 is 0 Å². The maximum atomic E-state index is 12.7. The van der Waals surface area contributed by atoms with E-state index in [1.807, 2.05) is 0 Å². The summed E-state index contributed by atoms with van der Waals surface area (Å²) in [5.41, 5.74) is 4.83. The molecule has 0 bridgehead atoms. The van der Waals surface area contributed by atoms with Gasteiger partial charge in [-0.1, -0.05) is 12.1 Å². The predicted octanol–water partition coefficient (Wildman–Crippen LogP) is 4.36. The third kappa shape index (κ3) is 4.31. The molecule has 0 radical (unpaired) electrons. The van der Waals surface area contributed by atoms with E-state index in [0.717, 1.165) is 18.2 Å². The summed E-state index contributed by atoms with van der Waals surface area (Å²) in [6.45, 7) is 0. The number of hydrogen-bond acceptors (Lipinski definition) is 3. The van der Waals surface area contributed by atoms with Gasteiger partial charge in [-0.3, -0.25) is 0 Å². The third-order valence-electron chi connectivity index (χ3n) is 3.16. The topological polar surface area (TPSA) is 55.5 Å². The molecule has 0 amide bonds. The second kappa shape index (κ2) is 6.23. The zero-order chi connectivity index (χ0) is 18.1. The Morgan fingerprint density at radius 2 is 1.50 bits per heavy atom. The lowest BCUT2D eigenvalue weighted by molar-refractivity contribution is -0.274. The minimum atomic E-state index is -4.86. The molecule has 3 nitrogen and oxygen atoms in total. The predicted molar refractivity (Wildman–Crippen MR) is 72.3 cm³/mol. The first kappa shape index (κ1) is 17.9. The highest BCUT2D eigenvalue weighted by Crippen LogP contribution is 2.36. The highest BCUT2D eigenvalue weighted by Gasteiger charge is 2.32. The van der Waals surface area contributed by atoms with E-state index in [1.165, 1.54) is 12.1 Å². The van der Waals surface area contributed by atoms with E-state index in [0.29, 0.717) is 12.1 Å². The summed E-state index contributed by atoms with van der Waals surface area (Å²) in [6.07, 6.45) is -9.48. The van der Waals surface area contributed by atoms with Crippen LogP contribution in [0, 0.1) is 0 Å². The van der Waals surface area contributed by atoms with Crippen LogP contribution in [0.15, 0.2) is 42.5 Å². The molecule has 0 spiro atoms. The van der Waals surface area contributed by atoms with Gasteiger partial charge in [-0.15, -0.1) is 13.2 Å². The van der Waals surface area contributed by atoms with E-state index in [4.69, 9.17) is 5.73 Å². The van der Waals surface area contributed by atoms with Crippen molar-refractivity contribution in [3.05, 3.63) is 59.2 Å². The first-order valence-corrected chi connectivity index (χ1v) is 6.49. The maximum absolute atomic E-state index is 12.7. The van der Waals surface area contributed by atoms with Gasteiger partial charge in [-0.05, 0) is 35.9 Å². The number of nitrogens with two attached hydrogens (primary N) is 1. The summed E-state index contributed by atoms with van der Waals surface area (Å²) in [5, 5.41) is 9.72. The summed E-state index contributed by atoms with van der Waals surface area (Å²) >= 11 is 0. The van der Waals surface area contributed by atoms with Gasteiger partial charge in [0.15, 0.2) is 0 Å². The SMILES string of the molecule is N[C@@H](c1ccc(OC(F)(F)F)cc1)c1cc(C(F)(F)F)ccc1O. The minimum Gasteiger partial charge on any atom is -0.508 e. The van der Waals surface area contributed by atoms with Crippen LogP contribution >= 0.6 is 0 Å². The zero-order valence-electron chi connectivity index (χ0n) is 11.8. The number of phenolic OH excluding ortho intramolecular Hbond substituents is 1. The quantitative estimate of drug-likeness (QED) is 0.808. The number of hydrogen-bond donors (Lipinski definition) is 2. The fourth-order valence-corrected chi connectivity index (χ4v) is 2.04. The molecule has 0 aliphatic heterocycles. The Bertz CT molecular complexity index is 709. The Kier molecular flexibility index (Phi) is 4.66. The number of benzene rings is 2. The fraction of sp³-hybridized carbons (Fsp3) is 0.200. The van der Waals surface area contributed by atoms with Gasteiger partial charge in [0, 0.05) is 5.56 Å². The lowest BCUT2D eigenvalue weighted by atomic mass is 9.97. The van der Waals surface area contributed by atoms with Crippen molar-refractivity contribution in [1.82, 2.24) is 0 Å². The van der Waals surface area contributed by atoms with Crippen molar-refractivity contribution in [2.45, 2.75) is 18.6 Å². The van der Waals surface area contributed by atoms with Crippen LogP contribution in [0.3, 0.4) is 0 Å². The van der Waals surface area contributed by atoms with Crippen molar-refractivity contribution < 1.29 is 36.2 Å². The molecule has 0 fully saturated rings. The first-order valence-electron chi connectivity index (χ1n) is 6.49. The molecule has 0 aliphatic carbocycles. The Morgan fingerprint density at radius 1 is 0.917 bits per heavy atom. The van der Waals surface area contributed by atoms with E-state index in [1.54, 1.807) is 0 Å². The number of rotatable bonds is 3. The normalized spacial score (nSPS) is 13.6. The van der Waals surface area contributed by atoms with Crippen molar-refractivity contribution in [3.8, 4) is 11.5 Å². The molecule has 0 unspecified atom stereocenters. The lowest BCUT2D eigenvalue weighted by Gasteiger charge is -2.17. The highest BCUT2D eigenvalue weighted by atomic mass is 19.4. The van der Waals surface area contributed by atoms with Gasteiger partial charge in [0.05, 0.1) is 11.6 Å². The standard InChI is InChI=1S/C15H11F6NO2/c16-14(17,18)9-3-6-12(23)11(7-9)13(22)8-1-4-10(5-2-8)24-15(19,20)21/h1-7,13,23H,22H2/t13-/m0/s1. The molecule has 3 N–H and O–H groups in total. The average Bonchev–Trinajstić information content (AvgIpc) is 2.45. The van der Waals surface area contributed by atoms with Crippen LogP contribution in [0.2, 0.25) is 0 Å². The van der Waals surface area contributed by atoms with E-state index < -0.39 is 35.6 Å². The fourth-order valence-electron chi connectivity index (χ4n) is 2.04. The monoisotopic (exact) mass is 351 g/mol. The molecule has 2 rings (SSSR count). The number of ether oxygens (including phenoxy) is 1. The number of aromatic hydroxyl groups is 1. The number of halogens is 6. The van der Waals surface area contributed by atoms with Crippen LogP contribution < -0.4 is 10.5 Å². The van der Waals surface area contributed by atoms with E-state index in [2.05, 4.69) is 4.74 Å². The molecular weight excluding hydrogens is 340 g/mol. The Balaban J connectivity index is 2.30. The van der Waals surface area contributed by atoms with Crippen LogP contribution in [-0.2, 0) is 6.18 Å². The van der Waals surface area contributed by atoms with Crippen LogP contribution in [0.1, 0.15) is 22.7 Å². The molecule has 0 heterocycles. The molecule has 0 saturated carbocycles. The van der Waals surface area contributed by atoms with Gasteiger partial charge in [0.25, 0.3) is 0 Å². The second-order valence-corrected chi connectivity index (χ2v) is 4.87. The van der Waals surface area contributed by atoms with Gasteiger partial charge in [-0.25, -0.2) is 0 Å². The van der Waals surface area contributed by atoms with Crippen LogP contribution in [0.4, 0.5) is 26.3 Å². The van der Waals surface area contributed by atoms with Crippen molar-refractivity contribution in [3.63, 3.8) is 0 Å². The van der Waals surface area contributed by atoms with Crippen LogP contribution in [0.25, 0.3) is 0 Å². The molecule has 1 atom stereocenters. The molecule has 9 heteroatoms. The first-order chi connectivity index (χ1) is 11.0. The summed E-state index contributed by atoms with van der Waals surface area (Å²) < 4.78 is 78.1. The van der Waals surface area contributed by atoms with Crippen LogP contribution in [-0.4, -0.2) is 11.5 Å². The zero-order valence-corrected chi connectivity index (χ0v) is 11.8. The molecule has 2 aromatic carbocycles. The van der Waals surface area contributed by atoms with Gasteiger partial charge in [0.1, 0.15) is 11.5 Å². The summed E-state index contributed by atoms with van der Waals surface area (Å²) in [6, 6.07) is 5.40. The van der Waals surface area contributed by atoms with E-state index in [9.17, 15) is 31.4 Å². The number of alkyl halides is 6. The largest absolute Gasteiger partial charge is 0.573 e. The van der Waals surface area contributed by atoms with Crippen molar-refractivity contribution in [2.24, 2.45) is 5.73 Å². The van der Waals surface area contributed by atoms with E-state index in [-0.39, 0.29) is 11.1 Å². The Hall–Kier alpha value is -2.42. The molecule has 0 aromatic heterocycles.